The molecule has 11 heavy (non-hydrogen) atoms. The van der Waals surface area contributed by atoms with Gasteiger partial charge in [0.15, 0.2) is 5.21 Å². The minimum Gasteiger partial charge on any atom is -0.691 e. The highest BCUT2D eigenvalue weighted by Crippen LogP contribution is 1.96. The molecule has 0 N–H and O–H groups in total. The predicted molar refractivity (Wildman–Crippen MR) is 34.1 cm³/mol. The summed E-state index contributed by atoms with van der Waals surface area (Å²) in [6, 6.07) is 3.22. The maximum atomic E-state index is 10.8. The summed E-state index contributed by atoms with van der Waals surface area (Å²) in [4.78, 5) is 4.19. The first-order valence-electron chi connectivity index (χ1n) is 2.92. The molecule has 6 nitrogen and oxygen atoms in total. The Balaban J connectivity index is 2.91. The molecule has 2 heterocycles. The molecule has 2 aromatic heterocycles. The van der Waals surface area contributed by atoms with Crippen LogP contribution in [0.5, 0.6) is 0 Å². The summed E-state index contributed by atoms with van der Waals surface area (Å²) in [5.74, 6) is 0. The molecule has 0 unspecified atom stereocenters. The minimum atomic E-state index is 0.303. The molecular formula is C5H3N5O. The van der Waals surface area contributed by atoms with Crippen molar-refractivity contribution in [3.8, 4) is 0 Å². The number of nitrogens with zero attached hydrogens (tertiary/aromatic N) is 5. The van der Waals surface area contributed by atoms with Gasteiger partial charge in [0.05, 0.1) is 0 Å². The van der Waals surface area contributed by atoms with Gasteiger partial charge in [0.25, 0.3) is 5.65 Å². The van der Waals surface area contributed by atoms with E-state index in [0.717, 1.165) is 0 Å². The molecule has 0 spiro atoms. The average molecular weight is 149 g/mol. The van der Waals surface area contributed by atoms with Crippen LogP contribution in [0.15, 0.2) is 18.3 Å². The number of pyridine rings is 1. The second-order valence-electron chi connectivity index (χ2n) is 1.90. The second kappa shape index (κ2) is 2.08. The van der Waals surface area contributed by atoms with Gasteiger partial charge in [0, 0.05) is 11.3 Å². The predicted octanol–water partition coefficient (Wildman–Crippen LogP) is -0.947. The van der Waals surface area contributed by atoms with E-state index in [1.165, 1.54) is 6.20 Å². The van der Waals surface area contributed by atoms with Crippen molar-refractivity contribution in [3.05, 3.63) is 23.5 Å². The van der Waals surface area contributed by atoms with Crippen molar-refractivity contribution in [1.29, 1.82) is 0 Å². The van der Waals surface area contributed by atoms with Crippen LogP contribution in [-0.2, 0) is 0 Å². The van der Waals surface area contributed by atoms with E-state index in [1.807, 2.05) is 0 Å². The smallest absolute Gasteiger partial charge is 0.252 e. The van der Waals surface area contributed by atoms with Crippen molar-refractivity contribution in [2.45, 2.75) is 0 Å². The van der Waals surface area contributed by atoms with Crippen LogP contribution >= 0.6 is 0 Å². The van der Waals surface area contributed by atoms with Crippen LogP contribution in [0.25, 0.3) is 11.2 Å². The maximum Gasteiger partial charge on any atom is 0.252 e. The normalized spacial score (nSPS) is 10.2. The standard InChI is InChI=1S/C5H3N5O/c11-10-4-2-1-3-6-5(4)7-8-9-10/h1-3H. The molecule has 0 atom stereocenters. The molecule has 0 aliphatic heterocycles. The topological polar surface area (TPSA) is 78.5 Å². The summed E-state index contributed by atoms with van der Waals surface area (Å²) in [5.41, 5.74) is 0.625. The summed E-state index contributed by atoms with van der Waals surface area (Å²) in [5, 5.41) is 20.8. The molecule has 0 fully saturated rings. The largest absolute Gasteiger partial charge is 0.691 e. The van der Waals surface area contributed by atoms with Crippen molar-refractivity contribution in [1.82, 2.24) is 20.5 Å². The SMILES string of the molecule is [O-][n+]1nnnc2ncccc21. The first-order chi connectivity index (χ1) is 5.38. The van der Waals surface area contributed by atoms with Gasteiger partial charge in [0.2, 0.25) is 10.7 Å². The average Bonchev–Trinajstić information content (AvgIpc) is 2.06. The van der Waals surface area contributed by atoms with Crippen molar-refractivity contribution >= 4 is 11.2 Å². The van der Waals surface area contributed by atoms with E-state index in [-0.39, 0.29) is 0 Å². The summed E-state index contributed by atoms with van der Waals surface area (Å²) >= 11 is 0. The highest BCUT2D eigenvalue weighted by molar-refractivity contribution is 5.63. The Hall–Kier alpha value is -1.85. The van der Waals surface area contributed by atoms with Crippen LogP contribution in [0.1, 0.15) is 0 Å². The van der Waals surface area contributed by atoms with Crippen molar-refractivity contribution < 1.29 is 4.85 Å². The lowest BCUT2D eigenvalue weighted by molar-refractivity contribution is -0.649. The van der Waals surface area contributed by atoms with Gasteiger partial charge in [-0.05, 0) is 12.1 Å². The number of hydrogen-bond acceptors (Lipinski definition) is 5. The zero-order valence-electron chi connectivity index (χ0n) is 5.38. The Kier molecular flexibility index (Phi) is 1.12. The molecule has 54 valence electrons. The van der Waals surface area contributed by atoms with Crippen molar-refractivity contribution in [2.24, 2.45) is 0 Å². The zero-order chi connectivity index (χ0) is 7.68. The molecule has 0 amide bonds. The van der Waals surface area contributed by atoms with E-state index in [4.69, 9.17) is 0 Å². The van der Waals surface area contributed by atoms with Crippen LogP contribution in [0.2, 0.25) is 0 Å². The maximum absolute atomic E-state index is 10.8. The molecule has 2 rings (SSSR count). The van der Waals surface area contributed by atoms with Crippen LogP contribution in [-0.4, -0.2) is 20.5 Å². The van der Waals surface area contributed by atoms with Crippen LogP contribution in [0, 0.1) is 5.21 Å². The first kappa shape index (κ1) is 5.90. The van der Waals surface area contributed by atoms with Crippen LogP contribution < -0.4 is 4.85 Å². The van der Waals surface area contributed by atoms with E-state index in [1.54, 1.807) is 12.1 Å². The first-order valence-corrected chi connectivity index (χ1v) is 2.92. The molecule has 0 radical (unpaired) electrons. The van der Waals surface area contributed by atoms with Gasteiger partial charge < -0.3 is 5.21 Å². The number of rotatable bonds is 0. The van der Waals surface area contributed by atoms with Gasteiger partial charge in [-0.3, -0.25) is 0 Å². The fraction of sp³-hybridized carbons (Fsp3) is 0. The molecule has 0 saturated carbocycles. The lowest BCUT2D eigenvalue weighted by atomic mass is 10.4. The molecule has 0 saturated heterocycles. The van der Waals surface area contributed by atoms with E-state index in [9.17, 15) is 5.21 Å². The lowest BCUT2D eigenvalue weighted by Crippen LogP contribution is -2.33. The third-order valence-corrected chi connectivity index (χ3v) is 1.23. The second-order valence-corrected chi connectivity index (χ2v) is 1.90. The van der Waals surface area contributed by atoms with Crippen molar-refractivity contribution in [3.63, 3.8) is 0 Å². The summed E-state index contributed by atoms with van der Waals surface area (Å²) < 4.78 is 0. The summed E-state index contributed by atoms with van der Waals surface area (Å²) in [6.07, 6.45) is 1.54. The van der Waals surface area contributed by atoms with Crippen LogP contribution in [0.3, 0.4) is 0 Å². The van der Waals surface area contributed by atoms with Gasteiger partial charge in [0.1, 0.15) is 0 Å². The van der Waals surface area contributed by atoms with Crippen molar-refractivity contribution in [2.75, 3.05) is 0 Å². The van der Waals surface area contributed by atoms with Gasteiger partial charge in [-0.2, -0.15) is 0 Å². The number of hydrogen-bond donors (Lipinski definition) is 0. The quantitative estimate of drug-likeness (QED) is 0.356. The molecule has 2 aromatic rings. The van der Waals surface area contributed by atoms with Gasteiger partial charge in [-0.1, -0.05) is 0 Å². The van der Waals surface area contributed by atoms with E-state index in [2.05, 4.69) is 20.5 Å². The third kappa shape index (κ3) is 0.841. The van der Waals surface area contributed by atoms with E-state index in [0.29, 0.717) is 16.0 Å². The Bertz CT molecular complexity index is 384. The van der Waals surface area contributed by atoms with Crippen LogP contribution in [0.4, 0.5) is 0 Å². The fourth-order valence-corrected chi connectivity index (χ4v) is 0.762. The summed E-state index contributed by atoms with van der Waals surface area (Å²) in [7, 11) is 0. The molecule has 0 bridgehead atoms. The van der Waals surface area contributed by atoms with Gasteiger partial charge in [-0.25, -0.2) is 4.98 Å². The molecule has 0 aliphatic carbocycles. The highest BCUT2D eigenvalue weighted by Gasteiger charge is 2.02. The van der Waals surface area contributed by atoms with Gasteiger partial charge >= 0.3 is 0 Å². The summed E-state index contributed by atoms with van der Waals surface area (Å²) in [6.45, 7) is 0. The third-order valence-electron chi connectivity index (χ3n) is 1.23. The number of fused-ring (bicyclic) bond motifs is 1. The Morgan fingerprint density at radius 3 is 3.18 bits per heavy atom. The number of aromatic nitrogens is 5. The Morgan fingerprint density at radius 1 is 1.45 bits per heavy atom. The van der Waals surface area contributed by atoms with E-state index >= 15 is 0 Å². The Morgan fingerprint density at radius 2 is 2.36 bits per heavy atom. The van der Waals surface area contributed by atoms with Gasteiger partial charge in [-0.15, -0.1) is 4.85 Å². The lowest BCUT2D eigenvalue weighted by Gasteiger charge is -1.96. The molecule has 6 heteroatoms. The fourth-order valence-electron chi connectivity index (χ4n) is 0.762. The monoisotopic (exact) mass is 149 g/mol. The molecule has 0 aliphatic rings. The van der Waals surface area contributed by atoms with E-state index < -0.39 is 0 Å². The molecule has 0 aromatic carbocycles. The minimum absolute atomic E-state index is 0.303. The highest BCUT2D eigenvalue weighted by atomic mass is 16.5. The zero-order valence-corrected chi connectivity index (χ0v) is 5.38. The Labute approximate surface area is 61.1 Å². The molecular weight excluding hydrogens is 146 g/mol.